The van der Waals surface area contributed by atoms with Gasteiger partial charge in [0.1, 0.15) is 5.60 Å². The summed E-state index contributed by atoms with van der Waals surface area (Å²) in [6.45, 7) is 13.7. The predicted octanol–water partition coefficient (Wildman–Crippen LogP) is 4.54. The fraction of sp³-hybridized carbons (Fsp3) is 0.600. The fourth-order valence-corrected chi connectivity index (χ4v) is 2.82. The molecule has 0 saturated carbocycles. The molecule has 0 saturated heterocycles. The van der Waals surface area contributed by atoms with Gasteiger partial charge in [-0.1, -0.05) is 41.9 Å². The first-order chi connectivity index (χ1) is 11.7. The SMILES string of the molecule is CC(C)(CC(=O)NCC(C)(C)c1cccc(Br)c1)NC(=O)OC(C)(C)C. The van der Waals surface area contributed by atoms with Crippen LogP contribution in [0.25, 0.3) is 0 Å². The molecule has 0 spiro atoms. The molecule has 0 aromatic heterocycles. The predicted molar refractivity (Wildman–Crippen MR) is 108 cm³/mol. The summed E-state index contributed by atoms with van der Waals surface area (Å²) in [7, 11) is 0. The number of ether oxygens (including phenoxy) is 1. The van der Waals surface area contributed by atoms with Gasteiger partial charge in [-0.3, -0.25) is 4.79 Å². The highest BCUT2D eigenvalue weighted by molar-refractivity contribution is 9.10. The topological polar surface area (TPSA) is 67.4 Å². The van der Waals surface area contributed by atoms with Crippen molar-refractivity contribution >= 4 is 27.9 Å². The Morgan fingerprint density at radius 1 is 1.08 bits per heavy atom. The van der Waals surface area contributed by atoms with Gasteiger partial charge in [0.15, 0.2) is 0 Å². The standard InChI is InChI=1S/C20H31BrN2O3/c1-18(2,3)26-17(25)23-20(6,7)12-16(24)22-13-19(4,5)14-9-8-10-15(21)11-14/h8-11H,12-13H2,1-7H3,(H,22,24)(H,23,25). The monoisotopic (exact) mass is 426 g/mol. The lowest BCUT2D eigenvalue weighted by molar-refractivity contribution is -0.122. The van der Waals surface area contributed by atoms with E-state index in [1.54, 1.807) is 34.6 Å². The maximum absolute atomic E-state index is 12.4. The van der Waals surface area contributed by atoms with Crippen molar-refractivity contribution in [2.75, 3.05) is 6.54 Å². The summed E-state index contributed by atoms with van der Waals surface area (Å²) < 4.78 is 6.26. The number of carbonyl (C=O) groups excluding carboxylic acids is 2. The molecule has 146 valence electrons. The first kappa shape index (κ1) is 22.5. The van der Waals surface area contributed by atoms with Gasteiger partial charge in [0.05, 0.1) is 0 Å². The molecule has 0 atom stereocenters. The third-order valence-electron chi connectivity index (χ3n) is 3.78. The largest absolute Gasteiger partial charge is 0.444 e. The summed E-state index contributed by atoms with van der Waals surface area (Å²) >= 11 is 3.48. The van der Waals surface area contributed by atoms with Gasteiger partial charge < -0.3 is 15.4 Å². The van der Waals surface area contributed by atoms with E-state index in [0.717, 1.165) is 10.0 Å². The number of rotatable bonds is 6. The van der Waals surface area contributed by atoms with Gasteiger partial charge in [0.2, 0.25) is 5.91 Å². The first-order valence-corrected chi connectivity index (χ1v) is 9.53. The normalized spacial score (nSPS) is 12.5. The van der Waals surface area contributed by atoms with E-state index in [4.69, 9.17) is 4.74 Å². The number of halogens is 1. The second-order valence-corrected chi connectivity index (χ2v) is 9.77. The van der Waals surface area contributed by atoms with Gasteiger partial charge in [-0.15, -0.1) is 0 Å². The molecule has 0 unspecified atom stereocenters. The zero-order chi connectivity index (χ0) is 20.2. The average Bonchev–Trinajstić information content (AvgIpc) is 2.42. The van der Waals surface area contributed by atoms with Crippen LogP contribution in [0, 0.1) is 0 Å². The molecule has 0 bridgehead atoms. The Bertz CT molecular complexity index is 649. The molecule has 0 radical (unpaired) electrons. The summed E-state index contributed by atoms with van der Waals surface area (Å²) in [5.41, 5.74) is -0.344. The molecule has 0 fully saturated rings. The number of amides is 2. The van der Waals surface area contributed by atoms with Crippen molar-refractivity contribution in [3.05, 3.63) is 34.3 Å². The molecule has 0 aliphatic carbocycles. The van der Waals surface area contributed by atoms with Crippen LogP contribution in [0.5, 0.6) is 0 Å². The number of carbonyl (C=O) groups is 2. The number of alkyl carbamates (subject to hydrolysis) is 1. The third-order valence-corrected chi connectivity index (χ3v) is 4.27. The van der Waals surface area contributed by atoms with Gasteiger partial charge >= 0.3 is 6.09 Å². The minimum Gasteiger partial charge on any atom is -0.444 e. The van der Waals surface area contributed by atoms with E-state index >= 15 is 0 Å². The molecule has 6 heteroatoms. The molecule has 1 aromatic carbocycles. The Morgan fingerprint density at radius 3 is 2.23 bits per heavy atom. The zero-order valence-electron chi connectivity index (χ0n) is 16.8. The summed E-state index contributed by atoms with van der Waals surface area (Å²) in [5, 5.41) is 5.72. The van der Waals surface area contributed by atoms with E-state index in [2.05, 4.69) is 46.5 Å². The van der Waals surface area contributed by atoms with Crippen molar-refractivity contribution < 1.29 is 14.3 Å². The van der Waals surface area contributed by atoms with Crippen molar-refractivity contribution in [3.63, 3.8) is 0 Å². The number of hydrogen-bond donors (Lipinski definition) is 2. The lowest BCUT2D eigenvalue weighted by Gasteiger charge is -2.30. The average molecular weight is 427 g/mol. The molecule has 0 heterocycles. The number of hydrogen-bond acceptors (Lipinski definition) is 3. The van der Waals surface area contributed by atoms with Crippen LogP contribution in [0.15, 0.2) is 28.7 Å². The lowest BCUT2D eigenvalue weighted by atomic mass is 9.84. The Balaban J connectivity index is 2.58. The van der Waals surface area contributed by atoms with E-state index in [0.29, 0.717) is 6.54 Å². The van der Waals surface area contributed by atoms with E-state index in [1.807, 2.05) is 18.2 Å². The highest BCUT2D eigenvalue weighted by Gasteiger charge is 2.28. The van der Waals surface area contributed by atoms with Crippen LogP contribution in [0.3, 0.4) is 0 Å². The van der Waals surface area contributed by atoms with E-state index in [1.165, 1.54) is 0 Å². The van der Waals surface area contributed by atoms with E-state index < -0.39 is 17.2 Å². The van der Waals surface area contributed by atoms with E-state index in [-0.39, 0.29) is 17.7 Å². The minimum absolute atomic E-state index is 0.117. The highest BCUT2D eigenvalue weighted by Crippen LogP contribution is 2.25. The lowest BCUT2D eigenvalue weighted by Crippen LogP contribution is -2.49. The van der Waals surface area contributed by atoms with Crippen molar-refractivity contribution in [2.24, 2.45) is 0 Å². The van der Waals surface area contributed by atoms with Crippen LogP contribution < -0.4 is 10.6 Å². The van der Waals surface area contributed by atoms with E-state index in [9.17, 15) is 9.59 Å². The molecule has 2 N–H and O–H groups in total. The van der Waals surface area contributed by atoms with Gasteiger partial charge in [0.25, 0.3) is 0 Å². The Kier molecular flexibility index (Phi) is 7.28. The van der Waals surface area contributed by atoms with Gasteiger partial charge in [-0.2, -0.15) is 0 Å². The Morgan fingerprint density at radius 2 is 1.69 bits per heavy atom. The van der Waals surface area contributed by atoms with Crippen LogP contribution in [0.2, 0.25) is 0 Å². The minimum atomic E-state index is -0.702. The van der Waals surface area contributed by atoms with Crippen LogP contribution in [-0.4, -0.2) is 29.7 Å². The Labute approximate surface area is 165 Å². The molecular formula is C20H31BrN2O3. The molecule has 2 amide bonds. The van der Waals surface area contributed by atoms with Crippen LogP contribution in [0.1, 0.15) is 60.5 Å². The molecule has 0 aliphatic rings. The van der Waals surface area contributed by atoms with Crippen molar-refractivity contribution in [1.29, 1.82) is 0 Å². The fourth-order valence-electron chi connectivity index (χ4n) is 2.42. The number of benzene rings is 1. The second-order valence-electron chi connectivity index (χ2n) is 8.86. The molecule has 5 nitrogen and oxygen atoms in total. The highest BCUT2D eigenvalue weighted by atomic mass is 79.9. The van der Waals surface area contributed by atoms with Crippen LogP contribution in [0.4, 0.5) is 4.79 Å². The van der Waals surface area contributed by atoms with Crippen LogP contribution >= 0.6 is 15.9 Å². The Hall–Kier alpha value is -1.56. The molecule has 0 aliphatic heterocycles. The van der Waals surface area contributed by atoms with Gasteiger partial charge in [0, 0.05) is 28.4 Å². The van der Waals surface area contributed by atoms with Crippen molar-refractivity contribution in [2.45, 2.75) is 71.4 Å². The first-order valence-electron chi connectivity index (χ1n) is 8.74. The quantitative estimate of drug-likeness (QED) is 0.701. The van der Waals surface area contributed by atoms with Gasteiger partial charge in [-0.25, -0.2) is 4.79 Å². The summed E-state index contributed by atoms with van der Waals surface area (Å²) in [4.78, 5) is 24.3. The third kappa shape index (κ3) is 8.21. The number of nitrogens with one attached hydrogen (secondary N) is 2. The maximum Gasteiger partial charge on any atom is 0.408 e. The van der Waals surface area contributed by atoms with Crippen LogP contribution in [-0.2, 0) is 14.9 Å². The summed E-state index contributed by atoms with van der Waals surface area (Å²) in [6.07, 6.45) is -0.356. The van der Waals surface area contributed by atoms with Crippen molar-refractivity contribution in [1.82, 2.24) is 10.6 Å². The second kappa shape index (κ2) is 8.42. The van der Waals surface area contributed by atoms with Crippen molar-refractivity contribution in [3.8, 4) is 0 Å². The zero-order valence-corrected chi connectivity index (χ0v) is 18.4. The smallest absolute Gasteiger partial charge is 0.408 e. The summed E-state index contributed by atoms with van der Waals surface area (Å²) in [6, 6.07) is 8.06. The van der Waals surface area contributed by atoms with Gasteiger partial charge in [-0.05, 0) is 52.3 Å². The molecule has 26 heavy (non-hydrogen) atoms. The summed E-state index contributed by atoms with van der Waals surface area (Å²) in [5.74, 6) is -0.117. The maximum atomic E-state index is 12.4. The molecular weight excluding hydrogens is 396 g/mol. The molecule has 1 aromatic rings. The molecule has 1 rings (SSSR count).